The largest absolute Gasteiger partial charge is 0.478 e. The van der Waals surface area contributed by atoms with Gasteiger partial charge in [0, 0.05) is 34.1 Å². The Bertz CT molecular complexity index is 160. The van der Waals surface area contributed by atoms with Gasteiger partial charge in [0.15, 0.2) is 0 Å². The summed E-state index contributed by atoms with van der Waals surface area (Å²) in [4.78, 5) is 31.0. The summed E-state index contributed by atoms with van der Waals surface area (Å²) in [5.41, 5.74) is 0. The van der Waals surface area contributed by atoms with Gasteiger partial charge in [0.2, 0.25) is 0 Å². The van der Waals surface area contributed by atoms with Crippen LogP contribution in [0.25, 0.3) is 0 Å². The number of rotatable bonds is 2. The maximum absolute atomic E-state index is 9.63. The molecule has 0 aliphatic carbocycles. The maximum atomic E-state index is 9.63. The molecule has 2 radical (unpaired) electrons. The van der Waals surface area contributed by atoms with Crippen molar-refractivity contribution in [3.8, 4) is 0 Å². The van der Waals surface area contributed by atoms with Gasteiger partial charge in [-0.15, -0.1) is 0 Å². The first-order valence-corrected chi connectivity index (χ1v) is 4.59. The van der Waals surface area contributed by atoms with Crippen LogP contribution in [0.5, 0.6) is 0 Å². The molecule has 0 saturated carbocycles. The Hall–Kier alpha value is 1.26. The molecule has 78 valence electrons. The normalized spacial score (nSPS) is 10.3. The van der Waals surface area contributed by atoms with Crippen molar-refractivity contribution in [2.24, 2.45) is 0 Å². The van der Waals surface area contributed by atoms with Crippen molar-refractivity contribution < 1.29 is 67.2 Å². The fraction of sp³-hybridized carbons (Fsp3) is 0. The van der Waals surface area contributed by atoms with Crippen molar-refractivity contribution in [1.82, 2.24) is 6.15 Å². The van der Waals surface area contributed by atoms with Crippen LogP contribution in [0.3, 0.4) is 0 Å². The van der Waals surface area contributed by atoms with Gasteiger partial charge in [-0.25, -0.2) is 9.13 Å². The second-order valence-corrected chi connectivity index (χ2v) is 3.68. The van der Waals surface area contributed by atoms with E-state index in [-0.39, 0.29) is 40.3 Å². The Morgan fingerprint density at radius 3 is 1.00 bits per heavy atom. The number of phosphoric acid groups is 2. The minimum absolute atomic E-state index is 0. The molecule has 0 bridgehead atoms. The summed E-state index contributed by atoms with van der Waals surface area (Å²) in [6, 6.07) is 0. The molecule has 12 heteroatoms. The molecule has 0 spiro atoms. The van der Waals surface area contributed by atoms with Gasteiger partial charge in [0.05, 0.1) is 0 Å². The fourth-order valence-electron chi connectivity index (χ4n) is 0.139. The zero-order chi connectivity index (χ0) is 7.71. The van der Waals surface area contributed by atoms with Crippen molar-refractivity contribution in [2.75, 3.05) is 0 Å². The molecule has 8 nitrogen and oxygen atoms in total. The van der Waals surface area contributed by atoms with Crippen LogP contribution in [-0.4, -0.2) is 19.6 Å². The SMILES string of the molecule is N.O=P(O)(O)OP(=O)(O)O.[Mn].[Mn]. The van der Waals surface area contributed by atoms with Crippen LogP contribution < -0.4 is 6.15 Å². The van der Waals surface area contributed by atoms with Gasteiger partial charge >= 0.3 is 15.6 Å². The molecule has 0 aliphatic rings. The molecular weight excluding hydrogens is 298 g/mol. The van der Waals surface area contributed by atoms with Gasteiger partial charge in [-0.3, -0.25) is 0 Å². The van der Waals surface area contributed by atoms with Crippen LogP contribution in [-0.2, 0) is 47.6 Å². The molecular formula is H7Mn2NO7P2. The minimum atomic E-state index is -5.05. The van der Waals surface area contributed by atoms with Gasteiger partial charge in [-0.2, -0.15) is 4.31 Å². The van der Waals surface area contributed by atoms with Gasteiger partial charge in [0.1, 0.15) is 0 Å². The first-order valence-electron chi connectivity index (χ1n) is 1.53. The third kappa shape index (κ3) is 22.5. The molecule has 0 saturated heterocycles. The van der Waals surface area contributed by atoms with Crippen LogP contribution in [0.2, 0.25) is 0 Å². The summed E-state index contributed by atoms with van der Waals surface area (Å²) in [5.74, 6) is 0. The summed E-state index contributed by atoms with van der Waals surface area (Å²) < 4.78 is 22.2. The van der Waals surface area contributed by atoms with E-state index in [1.807, 2.05) is 0 Å². The van der Waals surface area contributed by atoms with E-state index in [2.05, 4.69) is 4.31 Å². The van der Waals surface area contributed by atoms with Crippen molar-refractivity contribution >= 4 is 15.6 Å². The molecule has 12 heavy (non-hydrogen) atoms. The Balaban J connectivity index is -0.000000107. The fourth-order valence-corrected chi connectivity index (χ4v) is 1.25. The van der Waals surface area contributed by atoms with Gasteiger partial charge in [0.25, 0.3) is 0 Å². The monoisotopic (exact) mass is 305 g/mol. The Morgan fingerprint density at radius 2 is 1.00 bits per heavy atom. The summed E-state index contributed by atoms with van der Waals surface area (Å²) in [6.07, 6.45) is 0. The zero-order valence-corrected chi connectivity index (χ0v) is 9.52. The second kappa shape index (κ2) is 7.64. The van der Waals surface area contributed by atoms with Crippen molar-refractivity contribution in [3.63, 3.8) is 0 Å². The van der Waals surface area contributed by atoms with E-state index < -0.39 is 15.6 Å². The van der Waals surface area contributed by atoms with Crippen molar-refractivity contribution in [2.45, 2.75) is 0 Å². The zero-order valence-electron chi connectivity index (χ0n) is 5.37. The Morgan fingerprint density at radius 1 is 0.833 bits per heavy atom. The molecule has 0 aromatic carbocycles. The predicted octanol–water partition coefficient (Wildman–Crippen LogP) is -0.655. The molecule has 0 aromatic heterocycles. The minimum Gasteiger partial charge on any atom is -0.344 e. The van der Waals surface area contributed by atoms with E-state index in [9.17, 15) is 9.13 Å². The average Bonchev–Trinajstić information content (AvgIpc) is 1.14. The predicted molar refractivity (Wildman–Crippen MR) is 30.2 cm³/mol. The molecule has 0 unspecified atom stereocenters. The van der Waals surface area contributed by atoms with E-state index in [0.717, 1.165) is 0 Å². The topological polar surface area (TPSA) is 159 Å². The smallest absolute Gasteiger partial charge is 0.344 e. The van der Waals surface area contributed by atoms with Crippen molar-refractivity contribution in [3.05, 3.63) is 0 Å². The van der Waals surface area contributed by atoms with Crippen LogP contribution in [0.15, 0.2) is 0 Å². The van der Waals surface area contributed by atoms with E-state index in [1.54, 1.807) is 0 Å². The van der Waals surface area contributed by atoms with E-state index >= 15 is 0 Å². The van der Waals surface area contributed by atoms with E-state index in [4.69, 9.17) is 19.6 Å². The standard InChI is InChI=1S/2Mn.H3N.H4O7P2/c;;;1-8(2,3)7-9(4,5)6/h;;1H3;(H2,1,2,3)(H2,4,5,6). The van der Waals surface area contributed by atoms with Crippen LogP contribution in [0.4, 0.5) is 0 Å². The molecule has 0 rings (SSSR count). The quantitative estimate of drug-likeness (QED) is 0.332. The van der Waals surface area contributed by atoms with Crippen LogP contribution >= 0.6 is 15.6 Å². The summed E-state index contributed by atoms with van der Waals surface area (Å²) in [5, 5.41) is 0. The van der Waals surface area contributed by atoms with Gasteiger partial charge in [-0.1, -0.05) is 0 Å². The maximum Gasteiger partial charge on any atom is 0.478 e. The number of hydrogen-bond acceptors (Lipinski definition) is 4. The molecule has 7 N–H and O–H groups in total. The van der Waals surface area contributed by atoms with Gasteiger partial charge < -0.3 is 25.7 Å². The van der Waals surface area contributed by atoms with Crippen molar-refractivity contribution in [1.29, 1.82) is 0 Å². The number of hydrogen-bond donors (Lipinski definition) is 5. The first kappa shape index (κ1) is 23.2. The third-order valence-electron chi connectivity index (χ3n) is 0.213. The summed E-state index contributed by atoms with van der Waals surface area (Å²) >= 11 is 0. The Kier molecular flexibility index (Phi) is 14.8. The van der Waals surface area contributed by atoms with Crippen LogP contribution in [0, 0.1) is 0 Å². The molecule has 0 fully saturated rings. The van der Waals surface area contributed by atoms with E-state index in [1.165, 1.54) is 0 Å². The average molecular weight is 305 g/mol. The van der Waals surface area contributed by atoms with Gasteiger partial charge in [-0.05, 0) is 0 Å². The molecule has 0 atom stereocenters. The summed E-state index contributed by atoms with van der Waals surface area (Å²) in [6.45, 7) is 0. The Labute approximate surface area is 89.1 Å². The molecule has 0 amide bonds. The molecule has 0 heterocycles. The molecule has 0 aromatic rings. The third-order valence-corrected chi connectivity index (χ3v) is 1.91. The van der Waals surface area contributed by atoms with E-state index in [0.29, 0.717) is 0 Å². The molecule has 0 aliphatic heterocycles. The van der Waals surface area contributed by atoms with Crippen LogP contribution in [0.1, 0.15) is 0 Å². The first-order chi connectivity index (χ1) is 3.71. The summed E-state index contributed by atoms with van der Waals surface area (Å²) in [7, 11) is -10.1. The second-order valence-electron chi connectivity index (χ2n) is 1.06.